The summed E-state index contributed by atoms with van der Waals surface area (Å²) in [6.45, 7) is 10.1. The zero-order valence-electron chi connectivity index (χ0n) is 11.9. The smallest absolute Gasteiger partial charge is 0.00739 e. The highest BCUT2D eigenvalue weighted by Crippen LogP contribution is 2.30. The maximum atomic E-state index is 6.07. The third-order valence-corrected chi connectivity index (χ3v) is 4.41. The molecule has 0 saturated carbocycles. The van der Waals surface area contributed by atoms with Gasteiger partial charge in [-0.2, -0.15) is 0 Å². The van der Waals surface area contributed by atoms with E-state index in [2.05, 4.69) is 56.0 Å². The van der Waals surface area contributed by atoms with Crippen LogP contribution in [-0.2, 0) is 0 Å². The molecule has 0 aliphatic carbocycles. The van der Waals surface area contributed by atoms with Crippen molar-refractivity contribution < 1.29 is 0 Å². The molecule has 2 N–H and O–H groups in total. The molecule has 0 aromatic heterocycles. The molecule has 2 nitrogen and oxygen atoms in total. The molecule has 1 fully saturated rings. The number of hydrogen-bond acceptors (Lipinski definition) is 2. The third-order valence-electron chi connectivity index (χ3n) is 4.41. The van der Waals surface area contributed by atoms with Crippen LogP contribution < -0.4 is 5.73 Å². The Morgan fingerprint density at radius 2 is 2.00 bits per heavy atom. The molecule has 18 heavy (non-hydrogen) atoms. The molecule has 1 saturated heterocycles. The Balaban J connectivity index is 1.93. The summed E-state index contributed by atoms with van der Waals surface area (Å²) >= 11 is 0. The Hall–Kier alpha value is -0.860. The van der Waals surface area contributed by atoms with Crippen molar-refractivity contribution in [1.29, 1.82) is 0 Å². The summed E-state index contributed by atoms with van der Waals surface area (Å²) in [6.07, 6.45) is 1.28. The molecule has 0 spiro atoms. The van der Waals surface area contributed by atoms with Gasteiger partial charge in [-0.25, -0.2) is 0 Å². The zero-order chi connectivity index (χ0) is 13.2. The van der Waals surface area contributed by atoms with Crippen LogP contribution in [0, 0.1) is 5.41 Å². The van der Waals surface area contributed by atoms with Crippen LogP contribution in [0.5, 0.6) is 0 Å². The SMILES string of the molecule is CC(N)C(C)(C)CN1CCC(c2ccccc2)C1. The average Bonchev–Trinajstić information content (AvgIpc) is 2.78. The van der Waals surface area contributed by atoms with Crippen LogP contribution in [0.25, 0.3) is 0 Å². The van der Waals surface area contributed by atoms with Gasteiger partial charge in [0.15, 0.2) is 0 Å². The molecule has 0 bridgehead atoms. The van der Waals surface area contributed by atoms with Crippen molar-refractivity contribution in [3.05, 3.63) is 35.9 Å². The predicted molar refractivity (Wildman–Crippen MR) is 77.7 cm³/mol. The zero-order valence-corrected chi connectivity index (χ0v) is 11.9. The fourth-order valence-electron chi connectivity index (χ4n) is 2.69. The average molecular weight is 246 g/mol. The Kier molecular flexibility index (Phi) is 4.08. The lowest BCUT2D eigenvalue weighted by Gasteiger charge is -2.33. The Morgan fingerprint density at radius 1 is 1.33 bits per heavy atom. The van der Waals surface area contributed by atoms with Crippen molar-refractivity contribution in [2.75, 3.05) is 19.6 Å². The second kappa shape index (κ2) is 5.41. The van der Waals surface area contributed by atoms with Gasteiger partial charge in [-0.05, 0) is 36.8 Å². The maximum Gasteiger partial charge on any atom is 0.00739 e. The molecule has 0 amide bonds. The molecule has 2 rings (SSSR count). The first-order valence-electron chi connectivity index (χ1n) is 7.02. The molecule has 1 aliphatic heterocycles. The number of nitrogens with zero attached hydrogens (tertiary/aromatic N) is 1. The van der Waals surface area contributed by atoms with Gasteiger partial charge in [0.25, 0.3) is 0 Å². The molecule has 1 aliphatic rings. The fourth-order valence-corrected chi connectivity index (χ4v) is 2.69. The molecular formula is C16H26N2. The van der Waals surface area contributed by atoms with Gasteiger partial charge < -0.3 is 10.6 Å². The van der Waals surface area contributed by atoms with Gasteiger partial charge in [0.2, 0.25) is 0 Å². The number of likely N-dealkylation sites (tertiary alicyclic amines) is 1. The standard InChI is InChI=1S/C16H26N2/c1-13(17)16(2,3)12-18-10-9-15(11-18)14-7-5-4-6-8-14/h4-8,13,15H,9-12,17H2,1-3H3. The molecule has 0 radical (unpaired) electrons. The second-order valence-electron chi connectivity index (χ2n) is 6.41. The van der Waals surface area contributed by atoms with Gasteiger partial charge in [0.05, 0.1) is 0 Å². The van der Waals surface area contributed by atoms with Crippen molar-refractivity contribution >= 4 is 0 Å². The van der Waals surface area contributed by atoms with E-state index < -0.39 is 0 Å². The van der Waals surface area contributed by atoms with Crippen LogP contribution in [0.2, 0.25) is 0 Å². The van der Waals surface area contributed by atoms with Gasteiger partial charge in [0.1, 0.15) is 0 Å². The van der Waals surface area contributed by atoms with Crippen LogP contribution in [0.1, 0.15) is 38.7 Å². The van der Waals surface area contributed by atoms with Crippen LogP contribution in [-0.4, -0.2) is 30.6 Å². The van der Waals surface area contributed by atoms with Gasteiger partial charge in [0, 0.05) is 19.1 Å². The highest BCUT2D eigenvalue weighted by Gasteiger charge is 2.30. The van der Waals surface area contributed by atoms with E-state index in [0.717, 1.165) is 6.54 Å². The van der Waals surface area contributed by atoms with Crippen LogP contribution in [0.15, 0.2) is 30.3 Å². The molecule has 2 unspecified atom stereocenters. The van der Waals surface area contributed by atoms with Crippen molar-refractivity contribution in [2.45, 2.75) is 39.2 Å². The minimum absolute atomic E-state index is 0.200. The molecule has 1 aromatic carbocycles. The first-order chi connectivity index (χ1) is 8.49. The summed E-state index contributed by atoms with van der Waals surface area (Å²) in [6, 6.07) is 11.1. The van der Waals surface area contributed by atoms with E-state index in [-0.39, 0.29) is 11.5 Å². The summed E-state index contributed by atoms with van der Waals surface area (Å²) in [5.74, 6) is 0.704. The molecule has 1 aromatic rings. The number of nitrogens with two attached hydrogens (primary N) is 1. The lowest BCUT2D eigenvalue weighted by atomic mass is 9.85. The van der Waals surface area contributed by atoms with E-state index in [1.54, 1.807) is 0 Å². The van der Waals surface area contributed by atoms with E-state index in [1.807, 2.05) is 0 Å². The second-order valence-corrected chi connectivity index (χ2v) is 6.41. The van der Waals surface area contributed by atoms with Crippen molar-refractivity contribution in [3.8, 4) is 0 Å². The van der Waals surface area contributed by atoms with E-state index in [0.29, 0.717) is 5.92 Å². The third kappa shape index (κ3) is 3.12. The normalized spacial score (nSPS) is 23.2. The minimum Gasteiger partial charge on any atom is -0.327 e. The molecule has 2 atom stereocenters. The number of rotatable bonds is 4. The van der Waals surface area contributed by atoms with Crippen molar-refractivity contribution in [3.63, 3.8) is 0 Å². The molecule has 1 heterocycles. The lowest BCUT2D eigenvalue weighted by molar-refractivity contribution is 0.181. The summed E-state index contributed by atoms with van der Waals surface area (Å²) in [5, 5.41) is 0. The number of hydrogen-bond donors (Lipinski definition) is 1. The summed E-state index contributed by atoms with van der Waals surface area (Å²) < 4.78 is 0. The molecular weight excluding hydrogens is 220 g/mol. The van der Waals surface area contributed by atoms with Crippen LogP contribution >= 0.6 is 0 Å². The topological polar surface area (TPSA) is 29.3 Å². The lowest BCUT2D eigenvalue weighted by Crippen LogP contribution is -2.43. The first kappa shape index (κ1) is 13.6. The summed E-state index contributed by atoms with van der Waals surface area (Å²) in [4.78, 5) is 2.57. The Morgan fingerprint density at radius 3 is 2.61 bits per heavy atom. The largest absolute Gasteiger partial charge is 0.327 e. The maximum absolute atomic E-state index is 6.07. The summed E-state index contributed by atoms with van der Waals surface area (Å²) in [5.41, 5.74) is 7.75. The van der Waals surface area contributed by atoms with Crippen LogP contribution in [0.4, 0.5) is 0 Å². The van der Waals surface area contributed by atoms with Gasteiger partial charge in [-0.3, -0.25) is 0 Å². The Labute approximate surface area is 111 Å². The van der Waals surface area contributed by atoms with E-state index in [4.69, 9.17) is 5.73 Å². The monoisotopic (exact) mass is 246 g/mol. The van der Waals surface area contributed by atoms with E-state index in [1.165, 1.54) is 25.1 Å². The highest BCUT2D eigenvalue weighted by atomic mass is 15.2. The Bertz CT molecular complexity index is 370. The number of benzene rings is 1. The van der Waals surface area contributed by atoms with E-state index in [9.17, 15) is 0 Å². The minimum atomic E-state index is 0.200. The first-order valence-corrected chi connectivity index (χ1v) is 7.02. The summed E-state index contributed by atoms with van der Waals surface area (Å²) in [7, 11) is 0. The highest BCUT2D eigenvalue weighted by molar-refractivity contribution is 5.21. The van der Waals surface area contributed by atoms with Crippen molar-refractivity contribution in [1.82, 2.24) is 4.90 Å². The van der Waals surface area contributed by atoms with Gasteiger partial charge >= 0.3 is 0 Å². The van der Waals surface area contributed by atoms with Crippen molar-refractivity contribution in [2.24, 2.45) is 11.1 Å². The van der Waals surface area contributed by atoms with Gasteiger partial charge in [-0.15, -0.1) is 0 Å². The molecule has 2 heteroatoms. The predicted octanol–water partition coefficient (Wildman–Crippen LogP) is 2.85. The quantitative estimate of drug-likeness (QED) is 0.885. The van der Waals surface area contributed by atoms with E-state index >= 15 is 0 Å². The van der Waals surface area contributed by atoms with Crippen LogP contribution in [0.3, 0.4) is 0 Å². The van der Waals surface area contributed by atoms with Gasteiger partial charge in [-0.1, -0.05) is 44.2 Å². The molecule has 100 valence electrons. The fraction of sp³-hybridized carbons (Fsp3) is 0.625.